The van der Waals surface area contributed by atoms with Crippen LogP contribution in [0.5, 0.6) is 0 Å². The Morgan fingerprint density at radius 2 is 1.58 bits per heavy atom. The zero-order chi connectivity index (χ0) is 19.8. The molecule has 1 aromatic heterocycles. The van der Waals surface area contributed by atoms with Crippen molar-refractivity contribution in [2.75, 3.05) is 0 Å². The largest absolute Gasteiger partial charge is 0.433 e. The van der Waals surface area contributed by atoms with Crippen LogP contribution in [0, 0.1) is 10.1 Å². The van der Waals surface area contributed by atoms with Gasteiger partial charge < -0.3 is 10.1 Å². The molecular weight excluding hydrogens is 354 g/mol. The lowest BCUT2D eigenvalue weighted by atomic mass is 9.83. The second-order valence-electron chi connectivity index (χ2n) is 7.27. The predicted molar refractivity (Wildman–Crippen MR) is 99.4 cm³/mol. The van der Waals surface area contributed by atoms with E-state index in [4.69, 9.17) is 0 Å². The molecular formula is C18H25N3O4S. The van der Waals surface area contributed by atoms with Gasteiger partial charge in [-0.3, -0.25) is 0 Å². The first kappa shape index (κ1) is 20.1. The quantitative estimate of drug-likeness (QED) is 0.586. The van der Waals surface area contributed by atoms with Gasteiger partial charge in [-0.15, -0.1) is 0 Å². The number of nitrogens with one attached hydrogen (secondary N) is 1. The first-order valence-corrected chi connectivity index (χ1v) is 10.1. The Hall–Kier alpha value is -2.22. The predicted octanol–water partition coefficient (Wildman–Crippen LogP) is 4.52. The fourth-order valence-electron chi connectivity index (χ4n) is 3.25. The summed E-state index contributed by atoms with van der Waals surface area (Å²) in [5.41, 5.74) is 2.91. The second kappa shape index (κ2) is 7.19. The van der Waals surface area contributed by atoms with Gasteiger partial charge >= 0.3 is 5.95 Å². The van der Waals surface area contributed by atoms with Crippen molar-refractivity contribution in [1.29, 1.82) is 0 Å². The molecule has 0 radical (unpaired) electrons. The molecule has 2 rings (SSSR count). The summed E-state index contributed by atoms with van der Waals surface area (Å²) in [6.07, 6.45) is 1.07. The number of nitrogens with zero attached hydrogens (tertiary/aromatic N) is 2. The van der Waals surface area contributed by atoms with Crippen LogP contribution >= 0.6 is 0 Å². The summed E-state index contributed by atoms with van der Waals surface area (Å²) in [5.74, 6) is -0.205. The molecule has 26 heavy (non-hydrogen) atoms. The molecule has 0 aliphatic rings. The first-order chi connectivity index (χ1) is 12.0. The summed E-state index contributed by atoms with van der Waals surface area (Å²) in [7, 11) is -3.97. The first-order valence-electron chi connectivity index (χ1n) is 8.60. The highest BCUT2D eigenvalue weighted by atomic mass is 32.2. The van der Waals surface area contributed by atoms with Gasteiger partial charge in [0.25, 0.3) is 5.03 Å². The lowest BCUT2D eigenvalue weighted by molar-refractivity contribution is -0.394. The summed E-state index contributed by atoms with van der Waals surface area (Å²) in [6, 6.07) is 3.45. The lowest BCUT2D eigenvalue weighted by Gasteiger charge is -2.24. The Bertz CT molecular complexity index is 928. The molecule has 0 spiro atoms. The van der Waals surface area contributed by atoms with Crippen LogP contribution in [-0.2, 0) is 9.84 Å². The third-order valence-electron chi connectivity index (χ3n) is 4.34. The smallest absolute Gasteiger partial charge is 0.390 e. The molecule has 2 aromatic rings. The highest BCUT2D eigenvalue weighted by Crippen LogP contribution is 2.39. The summed E-state index contributed by atoms with van der Waals surface area (Å²) < 4.78 is 26.3. The van der Waals surface area contributed by atoms with Gasteiger partial charge in [0.1, 0.15) is 6.20 Å². The third kappa shape index (κ3) is 3.51. The minimum absolute atomic E-state index is 0.0233. The number of sulfone groups is 1. The van der Waals surface area contributed by atoms with E-state index in [-0.39, 0.29) is 27.7 Å². The molecule has 7 nitrogen and oxygen atoms in total. The molecule has 0 saturated carbocycles. The monoisotopic (exact) mass is 379 g/mol. The van der Waals surface area contributed by atoms with Crippen LogP contribution in [0.3, 0.4) is 0 Å². The van der Waals surface area contributed by atoms with Gasteiger partial charge in [-0.05, 0) is 45.4 Å². The summed E-state index contributed by atoms with van der Waals surface area (Å²) >= 11 is 0. The number of aromatic nitrogens is 2. The normalized spacial score (nSPS) is 12.3. The number of imidazole rings is 1. The van der Waals surface area contributed by atoms with E-state index in [1.165, 1.54) is 0 Å². The number of hydrogen-bond donors (Lipinski definition) is 1. The number of rotatable bonds is 6. The maximum Gasteiger partial charge on any atom is 0.433 e. The molecule has 1 N–H and O–H groups in total. The summed E-state index contributed by atoms with van der Waals surface area (Å²) in [6.45, 7) is 12.2. The molecule has 0 unspecified atom stereocenters. The molecule has 0 bridgehead atoms. The van der Waals surface area contributed by atoms with E-state index in [9.17, 15) is 18.5 Å². The van der Waals surface area contributed by atoms with E-state index >= 15 is 0 Å². The number of benzene rings is 1. The molecule has 0 aliphatic carbocycles. The van der Waals surface area contributed by atoms with E-state index in [1.54, 1.807) is 6.07 Å². The van der Waals surface area contributed by atoms with Gasteiger partial charge in [-0.2, -0.15) is 0 Å². The van der Waals surface area contributed by atoms with Crippen LogP contribution in [0.2, 0.25) is 0 Å². The fraction of sp³-hybridized carbons (Fsp3) is 0.500. The van der Waals surface area contributed by atoms with E-state index in [2.05, 4.69) is 23.8 Å². The van der Waals surface area contributed by atoms with Crippen molar-refractivity contribution in [3.63, 3.8) is 0 Å². The van der Waals surface area contributed by atoms with E-state index in [1.807, 2.05) is 33.8 Å². The number of hydrogen-bond acceptors (Lipinski definition) is 5. The van der Waals surface area contributed by atoms with Gasteiger partial charge in [0.2, 0.25) is 9.84 Å². The highest BCUT2D eigenvalue weighted by molar-refractivity contribution is 7.91. The average molecular weight is 379 g/mol. The molecule has 1 aromatic carbocycles. The molecule has 0 amide bonds. The topological polar surface area (TPSA) is 106 Å². The van der Waals surface area contributed by atoms with Crippen LogP contribution < -0.4 is 0 Å². The molecule has 8 heteroatoms. The zero-order valence-corrected chi connectivity index (χ0v) is 16.7. The van der Waals surface area contributed by atoms with E-state index in [0.29, 0.717) is 0 Å². The number of nitro groups is 1. The molecule has 142 valence electrons. The second-order valence-corrected chi connectivity index (χ2v) is 9.13. The van der Waals surface area contributed by atoms with Gasteiger partial charge in [-0.25, -0.2) is 13.4 Å². The van der Waals surface area contributed by atoms with Gasteiger partial charge in [0.15, 0.2) is 0 Å². The van der Waals surface area contributed by atoms with E-state index < -0.39 is 20.7 Å². The molecule has 0 atom stereocenters. The van der Waals surface area contributed by atoms with Crippen molar-refractivity contribution < 1.29 is 13.3 Å². The Kier molecular flexibility index (Phi) is 5.55. The van der Waals surface area contributed by atoms with E-state index in [0.717, 1.165) is 22.9 Å². The van der Waals surface area contributed by atoms with Crippen LogP contribution in [0.4, 0.5) is 5.95 Å². The highest BCUT2D eigenvalue weighted by Gasteiger charge is 2.32. The third-order valence-corrected chi connectivity index (χ3v) is 6.03. The molecule has 0 saturated heterocycles. The minimum Gasteiger partial charge on any atom is -0.390 e. The van der Waals surface area contributed by atoms with Crippen molar-refractivity contribution in [2.24, 2.45) is 0 Å². The SMILES string of the molecule is CC(C)c1ccc(S(=O)(=O)c2c[nH]c([N+](=O)[O-])n2)c(C(C)C)c1C(C)C. The Balaban J connectivity index is 2.79. The minimum atomic E-state index is -3.97. The van der Waals surface area contributed by atoms with Crippen molar-refractivity contribution in [3.8, 4) is 0 Å². The maximum atomic E-state index is 13.1. The van der Waals surface area contributed by atoms with Crippen LogP contribution in [0.1, 0.15) is 76.0 Å². The van der Waals surface area contributed by atoms with Gasteiger partial charge in [-0.1, -0.05) is 52.6 Å². The standard InChI is InChI=1S/C18H25N3O4S/c1-10(2)13-7-8-14(17(12(5)6)16(13)11(3)4)26(24,25)15-9-19-18(20-15)21(22)23/h7-12H,1-6H3,(H,19,20). The number of H-pyrrole nitrogens is 1. The molecule has 1 heterocycles. The maximum absolute atomic E-state index is 13.1. The van der Waals surface area contributed by atoms with Crippen molar-refractivity contribution in [1.82, 2.24) is 9.97 Å². The van der Waals surface area contributed by atoms with Crippen LogP contribution in [0.15, 0.2) is 28.3 Å². The van der Waals surface area contributed by atoms with Crippen molar-refractivity contribution in [2.45, 2.75) is 69.2 Å². The molecule has 0 aliphatic heterocycles. The fourth-order valence-corrected chi connectivity index (χ4v) is 4.78. The van der Waals surface area contributed by atoms with Crippen LogP contribution in [0.25, 0.3) is 0 Å². The zero-order valence-electron chi connectivity index (χ0n) is 15.9. The van der Waals surface area contributed by atoms with Gasteiger partial charge in [0.05, 0.1) is 4.90 Å². The van der Waals surface area contributed by atoms with Crippen molar-refractivity contribution >= 4 is 15.8 Å². The van der Waals surface area contributed by atoms with Crippen LogP contribution in [-0.4, -0.2) is 23.3 Å². The summed E-state index contributed by atoms with van der Waals surface area (Å²) in [4.78, 5) is 16.2. The Morgan fingerprint density at radius 3 is 2.00 bits per heavy atom. The van der Waals surface area contributed by atoms with Gasteiger partial charge in [0, 0.05) is 0 Å². The Labute approximate surface area is 153 Å². The molecule has 0 fully saturated rings. The summed E-state index contributed by atoms with van der Waals surface area (Å²) in [5, 5.41) is 10.5. The average Bonchev–Trinajstić information content (AvgIpc) is 3.04. The lowest BCUT2D eigenvalue weighted by Crippen LogP contribution is -2.13. The van der Waals surface area contributed by atoms with Crippen molar-refractivity contribution in [3.05, 3.63) is 45.1 Å². The Morgan fingerprint density at radius 1 is 1.00 bits per heavy atom. The number of aromatic amines is 1.